The zero-order valence-electron chi connectivity index (χ0n) is 4.62. The molecular weight excluding hydrogens is 373 g/mol. The Morgan fingerprint density at radius 3 is 1.89 bits per heavy atom. The van der Waals surface area contributed by atoms with Crippen molar-refractivity contribution in [1.82, 2.24) is 0 Å². The minimum atomic E-state index is -3.89. The van der Waals surface area contributed by atoms with E-state index < -0.39 is 13.9 Å². The van der Waals surface area contributed by atoms with Crippen LogP contribution >= 0.6 is 44.8 Å². The minimum Gasteiger partial charge on any atom is -0.372 e. The number of hydrogen-bond donors (Lipinski definition) is 2. The van der Waals surface area contributed by atoms with E-state index in [0.29, 0.717) is 0 Å². The first kappa shape index (κ1) is 13.2. The second-order valence-electron chi connectivity index (χ2n) is 1.08. The molecule has 0 unspecified atom stereocenters. The van der Waals surface area contributed by atoms with Gasteiger partial charge in [-0.15, -0.1) is 0 Å². The molecule has 0 heterocycles. The smallest absolute Gasteiger partial charge is 0.350 e. The SMILES string of the molecule is COCP(=O)(O)O.II. The van der Waals surface area contributed by atoms with E-state index in [1.165, 1.54) is 7.11 Å². The molecule has 0 aromatic rings. The van der Waals surface area contributed by atoms with E-state index in [2.05, 4.69) is 42.0 Å². The molecule has 0 rings (SSSR count). The van der Waals surface area contributed by atoms with Gasteiger partial charge in [0, 0.05) is 44.3 Å². The Morgan fingerprint density at radius 2 is 1.89 bits per heavy atom. The number of rotatable bonds is 2. The molecular formula is C2H7I2O4P. The van der Waals surface area contributed by atoms with Crippen molar-refractivity contribution in [2.24, 2.45) is 0 Å². The van der Waals surface area contributed by atoms with Crippen LogP contribution in [0.5, 0.6) is 0 Å². The van der Waals surface area contributed by atoms with Gasteiger partial charge in [0.1, 0.15) is 6.35 Å². The van der Waals surface area contributed by atoms with E-state index in [0.717, 1.165) is 0 Å². The number of methoxy groups -OCH3 is 1. The fourth-order valence-corrected chi connectivity index (χ4v) is 0.505. The van der Waals surface area contributed by atoms with Crippen molar-refractivity contribution in [2.75, 3.05) is 13.5 Å². The average Bonchev–Trinajstić information content (AvgIpc) is 1.69. The molecule has 0 atom stereocenters. The maximum absolute atomic E-state index is 9.80. The van der Waals surface area contributed by atoms with Gasteiger partial charge in [-0.2, -0.15) is 0 Å². The van der Waals surface area contributed by atoms with Crippen molar-refractivity contribution < 1.29 is 19.1 Å². The van der Waals surface area contributed by atoms with Crippen LogP contribution in [0.3, 0.4) is 0 Å². The summed E-state index contributed by atoms with van der Waals surface area (Å²) in [5.41, 5.74) is 0. The van der Waals surface area contributed by atoms with Crippen LogP contribution in [-0.2, 0) is 9.30 Å². The summed E-state index contributed by atoms with van der Waals surface area (Å²) in [6.07, 6.45) is -0.493. The van der Waals surface area contributed by atoms with E-state index in [-0.39, 0.29) is 0 Å². The van der Waals surface area contributed by atoms with Gasteiger partial charge in [0.2, 0.25) is 0 Å². The molecule has 0 aromatic carbocycles. The van der Waals surface area contributed by atoms with Crippen molar-refractivity contribution in [2.45, 2.75) is 0 Å². The first-order valence-electron chi connectivity index (χ1n) is 1.74. The first-order valence-corrected chi connectivity index (χ1v) is 9.82. The van der Waals surface area contributed by atoms with E-state index >= 15 is 0 Å². The lowest BCUT2D eigenvalue weighted by molar-refractivity contribution is 0.217. The molecule has 0 saturated heterocycles. The molecule has 0 aliphatic heterocycles. The summed E-state index contributed by atoms with van der Waals surface area (Å²) in [7, 11) is -2.65. The molecule has 58 valence electrons. The highest BCUT2D eigenvalue weighted by atomic mass is 128. The largest absolute Gasteiger partial charge is 0.372 e. The van der Waals surface area contributed by atoms with E-state index in [4.69, 9.17) is 9.79 Å². The molecule has 7 heteroatoms. The number of ether oxygens (including phenoxy) is 1. The third-order valence-corrected chi connectivity index (χ3v) is 0.892. The van der Waals surface area contributed by atoms with Crippen LogP contribution in [0.4, 0.5) is 0 Å². The summed E-state index contributed by atoms with van der Waals surface area (Å²) in [6, 6.07) is 0. The van der Waals surface area contributed by atoms with Crippen molar-refractivity contribution >= 4 is 44.8 Å². The monoisotopic (exact) mass is 380 g/mol. The summed E-state index contributed by atoms with van der Waals surface area (Å²) in [4.78, 5) is 16.0. The van der Waals surface area contributed by atoms with Gasteiger partial charge in [-0.25, -0.2) is 0 Å². The summed E-state index contributed by atoms with van der Waals surface area (Å²) in [6.45, 7) is 0. The average molecular weight is 380 g/mol. The normalized spacial score (nSPS) is 9.89. The molecule has 2 N–H and O–H groups in total. The Labute approximate surface area is 76.8 Å². The Hall–Kier alpha value is 1.57. The van der Waals surface area contributed by atoms with Gasteiger partial charge in [-0.3, -0.25) is 4.57 Å². The zero-order chi connectivity index (χ0) is 7.91. The standard InChI is InChI=1S/C2H7O4P.I2/c1-6-2-7(3,4)5;1-2/h2H2,1H3,(H2,3,4,5);. The van der Waals surface area contributed by atoms with Gasteiger partial charge >= 0.3 is 7.60 Å². The van der Waals surface area contributed by atoms with Gasteiger partial charge < -0.3 is 14.5 Å². The number of halogens is 2. The van der Waals surface area contributed by atoms with Gasteiger partial charge in [0.15, 0.2) is 0 Å². The third-order valence-electron chi connectivity index (χ3n) is 0.297. The van der Waals surface area contributed by atoms with Crippen LogP contribution in [0.2, 0.25) is 0 Å². The van der Waals surface area contributed by atoms with E-state index in [9.17, 15) is 4.57 Å². The highest BCUT2D eigenvalue weighted by Crippen LogP contribution is 2.33. The lowest BCUT2D eigenvalue weighted by atomic mass is 11.5. The lowest BCUT2D eigenvalue weighted by Gasteiger charge is -1.97. The van der Waals surface area contributed by atoms with Crippen LogP contribution in [-0.4, -0.2) is 23.2 Å². The predicted molar refractivity (Wildman–Crippen MR) is 52.0 cm³/mol. The van der Waals surface area contributed by atoms with Crippen LogP contribution in [0, 0.1) is 0 Å². The van der Waals surface area contributed by atoms with Gasteiger partial charge in [-0.05, 0) is 0 Å². The van der Waals surface area contributed by atoms with Crippen LogP contribution < -0.4 is 0 Å². The molecule has 9 heavy (non-hydrogen) atoms. The van der Waals surface area contributed by atoms with Crippen molar-refractivity contribution in [3.05, 3.63) is 0 Å². The van der Waals surface area contributed by atoms with Crippen molar-refractivity contribution in [3.63, 3.8) is 0 Å². The summed E-state index contributed by atoms with van der Waals surface area (Å²) in [5.74, 6) is 0. The van der Waals surface area contributed by atoms with Crippen LogP contribution in [0.15, 0.2) is 0 Å². The molecule has 0 aliphatic rings. The topological polar surface area (TPSA) is 66.8 Å². The van der Waals surface area contributed by atoms with Gasteiger partial charge in [-0.1, -0.05) is 0 Å². The Balaban J connectivity index is 0. The molecule has 0 bridgehead atoms. The second kappa shape index (κ2) is 7.67. The molecule has 0 radical (unpaired) electrons. The molecule has 0 aliphatic carbocycles. The van der Waals surface area contributed by atoms with Crippen molar-refractivity contribution in [1.29, 1.82) is 0 Å². The van der Waals surface area contributed by atoms with E-state index in [1.54, 1.807) is 0 Å². The highest BCUT2D eigenvalue weighted by Gasteiger charge is 2.09. The fraction of sp³-hybridized carbons (Fsp3) is 1.00. The Bertz CT molecular complexity index is 90.6. The maximum Gasteiger partial charge on any atom is 0.350 e. The third kappa shape index (κ3) is 17.7. The maximum atomic E-state index is 9.80. The van der Waals surface area contributed by atoms with Gasteiger partial charge in [0.25, 0.3) is 0 Å². The second-order valence-corrected chi connectivity index (χ2v) is 2.67. The van der Waals surface area contributed by atoms with E-state index in [1.807, 2.05) is 0 Å². The molecule has 0 spiro atoms. The number of hydrogen-bond acceptors (Lipinski definition) is 2. The Kier molecular flexibility index (Phi) is 11.2. The van der Waals surface area contributed by atoms with Crippen LogP contribution in [0.25, 0.3) is 0 Å². The zero-order valence-corrected chi connectivity index (χ0v) is 9.83. The minimum absolute atomic E-state index is 0.493. The molecule has 0 fully saturated rings. The highest BCUT2D eigenvalue weighted by molar-refractivity contribution is 15.0. The molecule has 4 nitrogen and oxygen atoms in total. The first-order chi connectivity index (χ1) is 4.06. The summed E-state index contributed by atoms with van der Waals surface area (Å²) in [5, 5.41) is 0. The molecule has 0 amide bonds. The fourth-order valence-electron chi connectivity index (χ4n) is 0.168. The summed E-state index contributed by atoms with van der Waals surface area (Å²) < 4.78 is 13.9. The molecule has 0 saturated carbocycles. The van der Waals surface area contributed by atoms with Crippen molar-refractivity contribution in [3.8, 4) is 0 Å². The predicted octanol–water partition coefficient (Wildman–Crippen LogP) is 1.54. The Morgan fingerprint density at radius 1 is 1.56 bits per heavy atom. The summed E-state index contributed by atoms with van der Waals surface area (Å²) >= 11 is 4.24. The molecule has 0 aromatic heterocycles. The van der Waals surface area contributed by atoms with Crippen LogP contribution in [0.1, 0.15) is 0 Å². The van der Waals surface area contributed by atoms with Gasteiger partial charge in [0.05, 0.1) is 0 Å². The lowest BCUT2D eigenvalue weighted by Crippen LogP contribution is -1.87. The quantitative estimate of drug-likeness (QED) is 0.564.